The molecule has 0 saturated carbocycles. The van der Waals surface area contributed by atoms with Gasteiger partial charge >= 0.3 is 0 Å². The molecule has 0 fully saturated rings. The molecular weight excluding hydrogens is 485 g/mol. The van der Waals surface area contributed by atoms with E-state index in [0.29, 0.717) is 11.4 Å². The Morgan fingerprint density at radius 3 is 2.43 bits per heavy atom. The number of benzene rings is 2. The van der Waals surface area contributed by atoms with Gasteiger partial charge in [-0.3, -0.25) is 4.79 Å². The Hall–Kier alpha value is -0.360. The first-order valence-corrected chi connectivity index (χ1v) is 9.04. The molecule has 0 bridgehead atoms. The van der Waals surface area contributed by atoms with Crippen LogP contribution in [0.25, 0.3) is 0 Å². The summed E-state index contributed by atoms with van der Waals surface area (Å²) in [6.45, 7) is 0. The largest absolute Gasteiger partial charge is 0.325 e. The normalized spacial score (nSPS) is 14.8. The summed E-state index contributed by atoms with van der Waals surface area (Å²) in [5.41, 5.74) is 3.83. The summed E-state index contributed by atoms with van der Waals surface area (Å²) < 4.78 is 1.98. The van der Waals surface area contributed by atoms with Crippen LogP contribution in [0.2, 0.25) is 5.02 Å². The van der Waals surface area contributed by atoms with Gasteiger partial charge in [0.05, 0.1) is 11.2 Å². The number of fused-ring (bicyclic) bond motifs is 1. The molecule has 0 aromatic heterocycles. The molecule has 2 aromatic rings. The molecule has 0 spiro atoms. The topological polar surface area (TPSA) is 29.1 Å². The fourth-order valence-corrected chi connectivity index (χ4v) is 4.74. The van der Waals surface area contributed by atoms with Crippen LogP contribution in [0.1, 0.15) is 21.5 Å². The van der Waals surface area contributed by atoms with Crippen molar-refractivity contribution in [3.8, 4) is 0 Å². The van der Waals surface area contributed by atoms with Gasteiger partial charge < -0.3 is 5.32 Å². The van der Waals surface area contributed by atoms with Gasteiger partial charge in [-0.15, -0.1) is 0 Å². The predicted molar refractivity (Wildman–Crippen MR) is 96.4 cm³/mol. The number of nitrogens with one attached hydrogen (secondary N) is 1. The Bertz CT molecular complexity index is 728. The van der Waals surface area contributed by atoms with Gasteiger partial charge in [-0.25, -0.2) is 0 Å². The highest BCUT2D eigenvalue weighted by Gasteiger charge is 2.22. The Morgan fingerprint density at radius 1 is 1.10 bits per heavy atom. The summed E-state index contributed by atoms with van der Waals surface area (Å²) in [7, 11) is 0. The van der Waals surface area contributed by atoms with Gasteiger partial charge in [-0.05, 0) is 41.0 Å². The number of amides is 1. The minimum absolute atomic E-state index is 0.00883. The van der Waals surface area contributed by atoms with Crippen molar-refractivity contribution in [3.63, 3.8) is 0 Å². The molecule has 0 saturated heterocycles. The van der Waals surface area contributed by atoms with E-state index in [0.717, 1.165) is 31.3 Å². The Labute approximate surface area is 152 Å². The number of carbonyl (C=O) groups excluding carboxylic acids is 1. The van der Waals surface area contributed by atoms with E-state index in [1.807, 2.05) is 30.3 Å². The zero-order valence-electron chi connectivity index (χ0n) is 10.6. The molecular formula is C15H9Br3ClNO. The maximum atomic E-state index is 11.5. The summed E-state index contributed by atoms with van der Waals surface area (Å²) in [5, 5.41) is 3.44. The molecule has 3 rings (SSSR count). The lowest BCUT2D eigenvalue weighted by Crippen LogP contribution is -2.03. The molecule has 2 nitrogen and oxygen atoms in total. The zero-order chi connectivity index (χ0) is 15.1. The quantitative estimate of drug-likeness (QED) is 0.522. The van der Waals surface area contributed by atoms with E-state index >= 15 is 0 Å². The summed E-state index contributed by atoms with van der Waals surface area (Å²) >= 11 is 17.1. The minimum Gasteiger partial charge on any atom is -0.325 e. The van der Waals surface area contributed by atoms with E-state index in [2.05, 4.69) is 53.1 Å². The summed E-state index contributed by atoms with van der Waals surface area (Å²) in [6.07, 6.45) is 0.404. The fraction of sp³-hybridized carbons (Fsp3) is 0.133. The molecule has 1 aliphatic heterocycles. The first-order valence-electron chi connectivity index (χ1n) is 6.16. The van der Waals surface area contributed by atoms with Gasteiger partial charge in [0, 0.05) is 19.7 Å². The first kappa shape index (κ1) is 15.5. The van der Waals surface area contributed by atoms with E-state index in [-0.39, 0.29) is 10.7 Å². The minimum atomic E-state index is -0.0418. The molecule has 108 valence electrons. The van der Waals surface area contributed by atoms with Crippen molar-refractivity contribution in [1.82, 2.24) is 0 Å². The van der Waals surface area contributed by atoms with E-state index < -0.39 is 0 Å². The zero-order valence-corrected chi connectivity index (χ0v) is 16.1. The highest BCUT2D eigenvalue weighted by Crippen LogP contribution is 2.40. The molecule has 0 aliphatic carbocycles. The second-order valence-electron chi connectivity index (χ2n) is 4.82. The monoisotopic (exact) mass is 491 g/mol. The summed E-state index contributed by atoms with van der Waals surface area (Å²) in [5.74, 6) is 0.00883. The van der Waals surface area contributed by atoms with Gasteiger partial charge in [-0.2, -0.15) is 0 Å². The molecule has 1 N–H and O–H groups in total. The van der Waals surface area contributed by atoms with E-state index in [1.165, 1.54) is 0 Å². The van der Waals surface area contributed by atoms with E-state index in [9.17, 15) is 4.79 Å². The Kier molecular flexibility index (Phi) is 4.46. The molecule has 1 atom stereocenters. The van der Waals surface area contributed by atoms with Crippen LogP contribution in [0.15, 0.2) is 39.3 Å². The van der Waals surface area contributed by atoms with Gasteiger partial charge in [0.25, 0.3) is 0 Å². The van der Waals surface area contributed by atoms with Crippen LogP contribution in [-0.2, 0) is 11.2 Å². The molecule has 1 aliphatic rings. The molecule has 1 unspecified atom stereocenters. The van der Waals surface area contributed by atoms with Crippen molar-refractivity contribution in [3.05, 3.63) is 61.0 Å². The average Bonchev–Trinajstić information content (AvgIpc) is 2.75. The van der Waals surface area contributed by atoms with Gasteiger partial charge in [-0.1, -0.05) is 65.5 Å². The number of rotatable bonds is 2. The van der Waals surface area contributed by atoms with E-state index in [4.69, 9.17) is 11.6 Å². The van der Waals surface area contributed by atoms with Crippen LogP contribution < -0.4 is 5.32 Å². The lowest BCUT2D eigenvalue weighted by atomic mass is 10.0. The average molecular weight is 494 g/mol. The fourth-order valence-electron chi connectivity index (χ4n) is 2.36. The second-order valence-corrected chi connectivity index (χ2v) is 7.98. The first-order chi connectivity index (χ1) is 9.94. The van der Waals surface area contributed by atoms with Gasteiger partial charge in [0.2, 0.25) is 5.91 Å². The summed E-state index contributed by atoms with van der Waals surface area (Å²) in [6, 6.07) is 9.87. The number of halogens is 4. The number of alkyl halides is 1. The third kappa shape index (κ3) is 3.21. The second kappa shape index (κ2) is 6.03. The van der Waals surface area contributed by atoms with Crippen LogP contribution in [-0.4, -0.2) is 5.91 Å². The summed E-state index contributed by atoms with van der Waals surface area (Å²) in [4.78, 5) is 11.4. The lowest BCUT2D eigenvalue weighted by molar-refractivity contribution is -0.115. The molecule has 0 radical (unpaired) electrons. The number of hydrogen-bond acceptors (Lipinski definition) is 1. The maximum absolute atomic E-state index is 11.5. The molecule has 2 aromatic carbocycles. The third-order valence-electron chi connectivity index (χ3n) is 3.30. The van der Waals surface area contributed by atoms with Gasteiger partial charge in [0.15, 0.2) is 0 Å². The maximum Gasteiger partial charge on any atom is 0.228 e. The van der Waals surface area contributed by atoms with Gasteiger partial charge in [0.1, 0.15) is 0 Å². The third-order valence-corrected chi connectivity index (χ3v) is 5.56. The van der Waals surface area contributed by atoms with Crippen molar-refractivity contribution >= 4 is 71.0 Å². The van der Waals surface area contributed by atoms with Crippen LogP contribution in [0, 0.1) is 0 Å². The van der Waals surface area contributed by atoms with E-state index in [1.54, 1.807) is 0 Å². The lowest BCUT2D eigenvalue weighted by Gasteiger charge is -2.15. The van der Waals surface area contributed by atoms with Crippen molar-refractivity contribution in [2.24, 2.45) is 0 Å². The number of hydrogen-bond donors (Lipinski definition) is 1. The van der Waals surface area contributed by atoms with Crippen molar-refractivity contribution in [1.29, 1.82) is 0 Å². The highest BCUT2D eigenvalue weighted by molar-refractivity contribution is 9.11. The Morgan fingerprint density at radius 2 is 1.76 bits per heavy atom. The predicted octanol–water partition coefficient (Wildman–Crippen LogP) is 5.84. The number of carbonyl (C=O) groups is 1. The van der Waals surface area contributed by atoms with Crippen LogP contribution in [0.4, 0.5) is 5.69 Å². The number of anilines is 1. The van der Waals surface area contributed by atoms with Crippen LogP contribution in [0.5, 0.6) is 0 Å². The Balaban J connectivity index is 2.04. The van der Waals surface area contributed by atoms with Crippen molar-refractivity contribution in [2.75, 3.05) is 5.32 Å². The standard InChI is InChI=1S/C15H9Br3ClNO/c16-9-1-8(2-10(17)5-9)15(18)11-3-7-4-14(21)20-13(7)6-12(11)19/h1-3,5-6,15H,4H2,(H,20,21). The molecule has 1 amide bonds. The molecule has 21 heavy (non-hydrogen) atoms. The molecule has 1 heterocycles. The highest BCUT2D eigenvalue weighted by atomic mass is 79.9. The smallest absolute Gasteiger partial charge is 0.228 e. The van der Waals surface area contributed by atoms with Crippen LogP contribution in [0.3, 0.4) is 0 Å². The van der Waals surface area contributed by atoms with Crippen molar-refractivity contribution < 1.29 is 4.79 Å². The SMILES string of the molecule is O=C1Cc2cc(C(Br)c3cc(Br)cc(Br)c3)c(Cl)cc2N1. The van der Waals surface area contributed by atoms with Crippen LogP contribution >= 0.6 is 59.4 Å². The van der Waals surface area contributed by atoms with Crippen molar-refractivity contribution in [2.45, 2.75) is 11.2 Å². The molecule has 6 heteroatoms.